The molecular weight excluding hydrogens is 242 g/mol. The number of piperidine rings is 1. The Morgan fingerprint density at radius 2 is 2.21 bits per heavy atom. The second-order valence-electron chi connectivity index (χ2n) is 4.88. The summed E-state index contributed by atoms with van der Waals surface area (Å²) in [6, 6.07) is 3.64. The number of anilines is 1. The number of aliphatic hydroxyl groups excluding tert-OH is 1. The van der Waals surface area contributed by atoms with Gasteiger partial charge in [-0.2, -0.15) is 0 Å². The summed E-state index contributed by atoms with van der Waals surface area (Å²) in [6.45, 7) is 4.21. The summed E-state index contributed by atoms with van der Waals surface area (Å²) >= 11 is 0. The fourth-order valence-electron chi connectivity index (χ4n) is 2.13. The predicted molar refractivity (Wildman–Crippen MR) is 74.2 cm³/mol. The van der Waals surface area contributed by atoms with Crippen LogP contribution in [0.2, 0.25) is 0 Å². The van der Waals surface area contributed by atoms with E-state index in [0.29, 0.717) is 31.5 Å². The third kappa shape index (κ3) is 3.67. The molecule has 0 aromatic carbocycles. The number of carbonyl (C=O) groups is 1. The van der Waals surface area contributed by atoms with Crippen molar-refractivity contribution in [2.24, 2.45) is 0 Å². The van der Waals surface area contributed by atoms with E-state index < -0.39 is 0 Å². The van der Waals surface area contributed by atoms with Gasteiger partial charge in [-0.25, -0.2) is 4.98 Å². The molecule has 1 aromatic rings. The Balaban J connectivity index is 1.95. The Kier molecular flexibility index (Phi) is 4.74. The number of aromatic nitrogens is 1. The quantitative estimate of drug-likeness (QED) is 0.864. The summed E-state index contributed by atoms with van der Waals surface area (Å²) in [7, 11) is 0. The number of nitrogens with one attached hydrogen (secondary N) is 1. The highest BCUT2D eigenvalue weighted by atomic mass is 16.3. The molecule has 0 aliphatic carbocycles. The van der Waals surface area contributed by atoms with Gasteiger partial charge in [-0.1, -0.05) is 6.92 Å². The SMILES string of the molecule is CCCNc1ccc(C(=O)N2CCC(O)CC2)cn1. The highest BCUT2D eigenvalue weighted by Crippen LogP contribution is 2.14. The lowest BCUT2D eigenvalue weighted by Gasteiger charge is -2.29. The molecule has 2 heterocycles. The van der Waals surface area contributed by atoms with E-state index >= 15 is 0 Å². The van der Waals surface area contributed by atoms with Crippen molar-refractivity contribution in [3.05, 3.63) is 23.9 Å². The first-order valence-corrected chi connectivity index (χ1v) is 6.88. The molecule has 0 bridgehead atoms. The van der Waals surface area contributed by atoms with Gasteiger partial charge in [-0.05, 0) is 31.4 Å². The van der Waals surface area contributed by atoms with E-state index in [1.54, 1.807) is 17.2 Å². The van der Waals surface area contributed by atoms with Crippen molar-refractivity contribution in [3.63, 3.8) is 0 Å². The Morgan fingerprint density at radius 1 is 1.47 bits per heavy atom. The third-order valence-electron chi connectivity index (χ3n) is 3.32. The van der Waals surface area contributed by atoms with Crippen LogP contribution in [0.15, 0.2) is 18.3 Å². The number of aliphatic hydroxyl groups is 1. The van der Waals surface area contributed by atoms with Crippen molar-refractivity contribution in [3.8, 4) is 0 Å². The van der Waals surface area contributed by atoms with Crippen molar-refractivity contribution in [2.75, 3.05) is 25.0 Å². The Bertz CT molecular complexity index is 411. The molecule has 1 aliphatic heterocycles. The Morgan fingerprint density at radius 3 is 2.79 bits per heavy atom. The predicted octanol–water partition coefficient (Wildman–Crippen LogP) is 1.50. The van der Waals surface area contributed by atoms with Crippen molar-refractivity contribution >= 4 is 11.7 Å². The minimum absolute atomic E-state index is 0.00133. The molecule has 1 aliphatic rings. The molecule has 0 saturated carbocycles. The number of hydrogen-bond acceptors (Lipinski definition) is 4. The number of amides is 1. The minimum Gasteiger partial charge on any atom is -0.393 e. The van der Waals surface area contributed by atoms with Crippen LogP contribution in [-0.2, 0) is 0 Å². The van der Waals surface area contributed by atoms with Crippen molar-refractivity contribution in [1.29, 1.82) is 0 Å². The molecule has 2 N–H and O–H groups in total. The summed E-state index contributed by atoms with van der Waals surface area (Å²) in [5.41, 5.74) is 0.610. The van der Waals surface area contributed by atoms with Gasteiger partial charge in [0.1, 0.15) is 5.82 Å². The highest BCUT2D eigenvalue weighted by molar-refractivity contribution is 5.94. The van der Waals surface area contributed by atoms with Gasteiger partial charge in [-0.15, -0.1) is 0 Å². The lowest BCUT2D eigenvalue weighted by molar-refractivity contribution is 0.0546. The summed E-state index contributed by atoms with van der Waals surface area (Å²) in [5.74, 6) is 0.800. The van der Waals surface area contributed by atoms with Gasteiger partial charge >= 0.3 is 0 Å². The third-order valence-corrected chi connectivity index (χ3v) is 3.32. The van der Waals surface area contributed by atoms with Gasteiger partial charge in [0, 0.05) is 25.8 Å². The Labute approximate surface area is 113 Å². The van der Waals surface area contributed by atoms with Crippen LogP contribution in [0.4, 0.5) is 5.82 Å². The number of carbonyl (C=O) groups excluding carboxylic acids is 1. The van der Waals surface area contributed by atoms with Gasteiger partial charge in [-0.3, -0.25) is 4.79 Å². The zero-order chi connectivity index (χ0) is 13.7. The molecule has 0 atom stereocenters. The van der Waals surface area contributed by atoms with Crippen LogP contribution in [-0.4, -0.2) is 46.6 Å². The Hall–Kier alpha value is -1.62. The molecule has 1 fully saturated rings. The molecule has 5 nitrogen and oxygen atoms in total. The maximum Gasteiger partial charge on any atom is 0.255 e. The van der Waals surface area contributed by atoms with Gasteiger partial charge in [0.05, 0.1) is 11.7 Å². The maximum absolute atomic E-state index is 12.2. The fraction of sp³-hybridized carbons (Fsp3) is 0.571. The van der Waals surface area contributed by atoms with Crippen LogP contribution in [0.3, 0.4) is 0 Å². The molecule has 0 unspecified atom stereocenters. The summed E-state index contributed by atoms with van der Waals surface area (Å²) in [6.07, 6.45) is 3.72. The van der Waals surface area contributed by atoms with E-state index in [1.807, 2.05) is 6.07 Å². The number of hydrogen-bond donors (Lipinski definition) is 2. The second kappa shape index (κ2) is 6.52. The molecule has 2 rings (SSSR count). The lowest BCUT2D eigenvalue weighted by Crippen LogP contribution is -2.40. The monoisotopic (exact) mass is 263 g/mol. The zero-order valence-corrected chi connectivity index (χ0v) is 11.3. The van der Waals surface area contributed by atoms with Gasteiger partial charge in [0.2, 0.25) is 0 Å². The molecular formula is C14H21N3O2. The molecule has 19 heavy (non-hydrogen) atoms. The average Bonchev–Trinajstić information content (AvgIpc) is 2.46. The van der Waals surface area contributed by atoms with Crippen LogP contribution in [0.1, 0.15) is 36.5 Å². The first-order chi connectivity index (χ1) is 9.20. The number of rotatable bonds is 4. The molecule has 1 amide bonds. The largest absolute Gasteiger partial charge is 0.393 e. The van der Waals surface area contributed by atoms with Crippen LogP contribution in [0.5, 0.6) is 0 Å². The van der Waals surface area contributed by atoms with E-state index in [0.717, 1.165) is 18.8 Å². The molecule has 1 aromatic heterocycles. The van der Waals surface area contributed by atoms with E-state index in [4.69, 9.17) is 0 Å². The topological polar surface area (TPSA) is 65.5 Å². The number of pyridine rings is 1. The standard InChI is InChI=1S/C14H21N3O2/c1-2-7-15-13-4-3-11(10-16-13)14(19)17-8-5-12(18)6-9-17/h3-4,10,12,18H,2,5-9H2,1H3,(H,15,16). The number of nitrogens with zero attached hydrogens (tertiary/aromatic N) is 2. The average molecular weight is 263 g/mol. The van der Waals surface area contributed by atoms with Crippen molar-refractivity contribution in [1.82, 2.24) is 9.88 Å². The van der Waals surface area contributed by atoms with Gasteiger partial charge in [0.15, 0.2) is 0 Å². The minimum atomic E-state index is -0.261. The highest BCUT2D eigenvalue weighted by Gasteiger charge is 2.22. The smallest absolute Gasteiger partial charge is 0.255 e. The second-order valence-corrected chi connectivity index (χ2v) is 4.88. The summed E-state index contributed by atoms with van der Waals surface area (Å²) in [4.78, 5) is 18.2. The molecule has 1 saturated heterocycles. The summed E-state index contributed by atoms with van der Waals surface area (Å²) in [5, 5.41) is 12.6. The van der Waals surface area contributed by atoms with Crippen LogP contribution in [0, 0.1) is 0 Å². The van der Waals surface area contributed by atoms with Gasteiger partial charge < -0.3 is 15.3 Å². The first-order valence-electron chi connectivity index (χ1n) is 6.88. The van der Waals surface area contributed by atoms with Crippen LogP contribution >= 0.6 is 0 Å². The van der Waals surface area contributed by atoms with E-state index in [2.05, 4.69) is 17.2 Å². The zero-order valence-electron chi connectivity index (χ0n) is 11.3. The van der Waals surface area contributed by atoms with E-state index in [-0.39, 0.29) is 12.0 Å². The lowest BCUT2D eigenvalue weighted by atomic mass is 10.1. The molecule has 104 valence electrons. The van der Waals surface area contributed by atoms with Gasteiger partial charge in [0.25, 0.3) is 5.91 Å². The van der Waals surface area contributed by atoms with E-state index in [1.165, 1.54) is 0 Å². The maximum atomic E-state index is 12.2. The van der Waals surface area contributed by atoms with E-state index in [9.17, 15) is 9.90 Å². The molecule has 0 radical (unpaired) electrons. The summed E-state index contributed by atoms with van der Waals surface area (Å²) < 4.78 is 0. The molecule has 0 spiro atoms. The number of likely N-dealkylation sites (tertiary alicyclic amines) is 1. The normalized spacial score (nSPS) is 16.4. The van der Waals surface area contributed by atoms with Crippen molar-refractivity contribution < 1.29 is 9.90 Å². The first kappa shape index (κ1) is 13.8. The van der Waals surface area contributed by atoms with Crippen molar-refractivity contribution in [2.45, 2.75) is 32.3 Å². The fourth-order valence-corrected chi connectivity index (χ4v) is 2.13. The van der Waals surface area contributed by atoms with Crippen LogP contribution < -0.4 is 5.32 Å². The van der Waals surface area contributed by atoms with Crippen LogP contribution in [0.25, 0.3) is 0 Å². The molecule has 5 heteroatoms.